The Hall–Kier alpha value is -3.40. The number of benzene rings is 1. The molecule has 0 bridgehead atoms. The minimum absolute atomic E-state index is 0.120. The van der Waals surface area contributed by atoms with Crippen LogP contribution in [0.15, 0.2) is 24.3 Å². The maximum absolute atomic E-state index is 13.3. The van der Waals surface area contributed by atoms with Crippen LogP contribution in [0.2, 0.25) is 0 Å². The van der Waals surface area contributed by atoms with E-state index >= 15 is 0 Å². The molecule has 2 atom stereocenters. The molecule has 1 aromatic heterocycles. The molecule has 0 spiro atoms. The van der Waals surface area contributed by atoms with Crippen LogP contribution in [0.25, 0.3) is 11.3 Å². The summed E-state index contributed by atoms with van der Waals surface area (Å²) in [6, 6.07) is 8.04. The second kappa shape index (κ2) is 11.6. The fourth-order valence-corrected chi connectivity index (χ4v) is 5.77. The highest BCUT2D eigenvalue weighted by Gasteiger charge is 2.34. The molecule has 5 rings (SSSR count). The van der Waals surface area contributed by atoms with Crippen LogP contribution in [0.4, 0.5) is 16.6 Å². The van der Waals surface area contributed by atoms with Gasteiger partial charge in [0.2, 0.25) is 5.95 Å². The molecule has 0 unspecified atom stereocenters. The molecule has 1 saturated carbocycles. The van der Waals surface area contributed by atoms with E-state index in [1.165, 1.54) is 5.56 Å². The minimum Gasteiger partial charge on any atom is -0.466 e. The maximum atomic E-state index is 13.3. The smallest absolute Gasteiger partial charge is 0.317 e. The number of hydrogen-bond donors (Lipinski definition) is 2. The summed E-state index contributed by atoms with van der Waals surface area (Å²) in [5, 5.41) is 3.15. The molecule has 1 saturated heterocycles. The van der Waals surface area contributed by atoms with Crippen LogP contribution in [0.3, 0.4) is 0 Å². The number of carbonyl (C=O) groups excluding carboxylic acids is 2. The molecule has 0 radical (unpaired) electrons. The first-order valence-electron chi connectivity index (χ1n) is 13.8. The van der Waals surface area contributed by atoms with Gasteiger partial charge in [-0.2, -0.15) is 4.98 Å². The molecule has 2 fully saturated rings. The Kier molecular flexibility index (Phi) is 7.97. The number of hydrogen-bond acceptors (Lipinski definition) is 8. The van der Waals surface area contributed by atoms with Gasteiger partial charge in [0, 0.05) is 56.9 Å². The molecule has 10 nitrogen and oxygen atoms in total. The van der Waals surface area contributed by atoms with Gasteiger partial charge >= 0.3 is 12.0 Å². The van der Waals surface area contributed by atoms with Crippen molar-refractivity contribution < 1.29 is 14.3 Å². The monoisotopic (exact) mass is 521 g/mol. The molecule has 1 aliphatic carbocycles. The summed E-state index contributed by atoms with van der Waals surface area (Å²) in [6.07, 6.45) is 4.33. The number of rotatable bonds is 5. The van der Waals surface area contributed by atoms with Crippen molar-refractivity contribution in [2.45, 2.75) is 51.6 Å². The van der Waals surface area contributed by atoms with Crippen LogP contribution < -0.4 is 16.0 Å². The average Bonchev–Trinajstić information content (AvgIpc) is 2.93. The lowest BCUT2D eigenvalue weighted by molar-refractivity contribution is -0.150. The Bertz CT molecular complexity index is 1170. The number of aromatic nitrogens is 2. The summed E-state index contributed by atoms with van der Waals surface area (Å²) in [7, 11) is 2.13. The Morgan fingerprint density at radius 3 is 2.63 bits per heavy atom. The quantitative estimate of drug-likeness (QED) is 0.577. The molecule has 38 heavy (non-hydrogen) atoms. The number of anilines is 2. The number of amides is 2. The number of nitrogens with two attached hydrogens (primary N) is 1. The molecule has 3 aliphatic rings. The number of ether oxygens (including phenoxy) is 1. The van der Waals surface area contributed by atoms with Gasteiger partial charge in [-0.25, -0.2) is 9.78 Å². The van der Waals surface area contributed by atoms with E-state index in [0.717, 1.165) is 80.9 Å². The van der Waals surface area contributed by atoms with Crippen LogP contribution in [-0.2, 0) is 22.5 Å². The normalized spacial score (nSPS) is 22.1. The van der Waals surface area contributed by atoms with Crippen molar-refractivity contribution in [3.63, 3.8) is 0 Å². The van der Waals surface area contributed by atoms with Gasteiger partial charge in [0.15, 0.2) is 0 Å². The predicted molar refractivity (Wildman–Crippen MR) is 147 cm³/mol. The van der Waals surface area contributed by atoms with E-state index in [1.807, 2.05) is 17.9 Å². The lowest BCUT2D eigenvalue weighted by Gasteiger charge is -2.34. The molecular weight excluding hydrogens is 482 g/mol. The van der Waals surface area contributed by atoms with Crippen molar-refractivity contribution in [1.82, 2.24) is 25.1 Å². The zero-order valence-electron chi connectivity index (χ0n) is 22.5. The highest BCUT2D eigenvalue weighted by Crippen LogP contribution is 2.29. The van der Waals surface area contributed by atoms with Gasteiger partial charge in [0.1, 0.15) is 5.82 Å². The van der Waals surface area contributed by atoms with Gasteiger partial charge in [-0.05, 0) is 50.4 Å². The van der Waals surface area contributed by atoms with E-state index in [1.54, 1.807) is 0 Å². The number of nitrogens with zero attached hydrogens (tertiary/aromatic N) is 5. The topological polar surface area (TPSA) is 117 Å². The van der Waals surface area contributed by atoms with Gasteiger partial charge < -0.3 is 30.5 Å². The number of fused-ring (bicyclic) bond motifs is 1. The summed E-state index contributed by atoms with van der Waals surface area (Å²) in [4.78, 5) is 41.1. The Labute approximate surface area is 224 Å². The Morgan fingerprint density at radius 2 is 1.84 bits per heavy atom. The number of nitrogens with one attached hydrogen (secondary N) is 1. The number of urea groups is 1. The lowest BCUT2D eigenvalue weighted by Crippen LogP contribution is -2.51. The molecule has 204 valence electrons. The number of likely N-dealkylation sites (N-methyl/N-ethyl adjacent to an activating group) is 1. The molecular formula is C28H39N7O3. The highest BCUT2D eigenvalue weighted by molar-refractivity contribution is 5.78. The molecule has 2 aliphatic heterocycles. The fourth-order valence-electron chi connectivity index (χ4n) is 5.77. The summed E-state index contributed by atoms with van der Waals surface area (Å²) in [6.45, 7) is 7.10. The Morgan fingerprint density at radius 1 is 1.05 bits per heavy atom. The maximum Gasteiger partial charge on any atom is 0.317 e. The second-order valence-electron chi connectivity index (χ2n) is 10.6. The third-order valence-electron chi connectivity index (χ3n) is 8.02. The summed E-state index contributed by atoms with van der Waals surface area (Å²) in [5.41, 5.74) is 10.2. The summed E-state index contributed by atoms with van der Waals surface area (Å²) >= 11 is 0. The average molecular weight is 522 g/mol. The van der Waals surface area contributed by atoms with E-state index in [9.17, 15) is 9.59 Å². The number of carbonyl (C=O) groups is 2. The first kappa shape index (κ1) is 26.2. The van der Waals surface area contributed by atoms with E-state index in [2.05, 4.69) is 50.3 Å². The van der Waals surface area contributed by atoms with Crippen molar-refractivity contribution in [2.75, 3.05) is 57.0 Å². The van der Waals surface area contributed by atoms with E-state index in [0.29, 0.717) is 19.7 Å². The van der Waals surface area contributed by atoms with Gasteiger partial charge in [0.05, 0.1) is 18.2 Å². The molecule has 10 heteroatoms. The second-order valence-corrected chi connectivity index (χ2v) is 10.6. The van der Waals surface area contributed by atoms with Crippen molar-refractivity contribution in [3.05, 3.63) is 35.4 Å². The lowest BCUT2D eigenvalue weighted by atomic mass is 9.84. The first-order valence-corrected chi connectivity index (χ1v) is 13.8. The molecule has 2 amide bonds. The number of nitrogen functional groups attached to an aromatic ring is 1. The van der Waals surface area contributed by atoms with E-state index in [4.69, 9.17) is 10.5 Å². The zero-order chi connectivity index (χ0) is 26.6. The van der Waals surface area contributed by atoms with E-state index in [-0.39, 0.29) is 29.9 Å². The van der Waals surface area contributed by atoms with Crippen LogP contribution in [0, 0.1) is 5.92 Å². The standard InChI is InChI=1S/C28H39N7O3/c1-3-38-26(36)22-6-4-5-7-23(22)31-28(37)35-11-10-19-8-9-20(16-21(19)18-35)24-17-25(32-27(29)30-24)34-14-12-33(2)13-15-34/h8-9,16-17,22-23H,3-7,10-15,18H2,1-2H3,(H,31,37)(H2,29,30,32)/t22-,23+/m1/s1. The minimum atomic E-state index is -0.269. The molecule has 3 heterocycles. The van der Waals surface area contributed by atoms with Crippen molar-refractivity contribution in [1.29, 1.82) is 0 Å². The van der Waals surface area contributed by atoms with Gasteiger partial charge in [-0.1, -0.05) is 25.0 Å². The van der Waals surface area contributed by atoms with Gasteiger partial charge in [-0.3, -0.25) is 4.79 Å². The van der Waals surface area contributed by atoms with Gasteiger partial charge in [-0.15, -0.1) is 0 Å². The van der Waals surface area contributed by atoms with Gasteiger partial charge in [0.25, 0.3) is 0 Å². The fraction of sp³-hybridized carbons (Fsp3) is 0.571. The summed E-state index contributed by atoms with van der Waals surface area (Å²) < 4.78 is 5.27. The summed E-state index contributed by atoms with van der Waals surface area (Å²) in [5.74, 6) is 0.641. The molecule has 2 aromatic rings. The third kappa shape index (κ3) is 5.85. The van der Waals surface area contributed by atoms with Crippen molar-refractivity contribution >= 4 is 23.8 Å². The van der Waals surface area contributed by atoms with Crippen LogP contribution in [0.1, 0.15) is 43.7 Å². The van der Waals surface area contributed by atoms with Crippen molar-refractivity contribution in [3.8, 4) is 11.3 Å². The van der Waals surface area contributed by atoms with E-state index < -0.39 is 0 Å². The number of piperazine rings is 1. The van der Waals surface area contributed by atoms with Crippen LogP contribution >= 0.6 is 0 Å². The van der Waals surface area contributed by atoms with Crippen LogP contribution in [-0.4, -0.2) is 84.2 Å². The Balaban J connectivity index is 1.29. The largest absolute Gasteiger partial charge is 0.466 e. The SMILES string of the molecule is CCOC(=O)[C@@H]1CCCC[C@@H]1NC(=O)N1CCc2ccc(-c3cc(N4CCN(C)CC4)nc(N)n3)cc2C1. The first-order chi connectivity index (χ1) is 18.4. The highest BCUT2D eigenvalue weighted by atomic mass is 16.5. The predicted octanol–water partition coefficient (Wildman–Crippen LogP) is 2.67. The van der Waals surface area contributed by atoms with Crippen molar-refractivity contribution in [2.24, 2.45) is 5.92 Å². The molecule has 3 N–H and O–H groups in total. The zero-order valence-corrected chi connectivity index (χ0v) is 22.5. The van der Waals surface area contributed by atoms with Crippen LogP contribution in [0.5, 0.6) is 0 Å². The third-order valence-corrected chi connectivity index (χ3v) is 8.02. The molecule has 1 aromatic carbocycles. The number of esters is 1.